The number of rotatable bonds is 5. The Morgan fingerprint density at radius 3 is 3.10 bits per heavy atom. The van der Waals surface area contributed by atoms with Crippen molar-refractivity contribution in [2.75, 3.05) is 23.7 Å². The van der Waals surface area contributed by atoms with E-state index in [4.69, 9.17) is 10.3 Å². The molecule has 8 heteroatoms. The molecule has 1 heterocycles. The number of ether oxygens (including phenoxy) is 1. The Hall–Kier alpha value is -1.92. The van der Waals surface area contributed by atoms with E-state index in [1.165, 1.54) is 22.7 Å². The summed E-state index contributed by atoms with van der Waals surface area (Å²) in [6.45, 7) is 2.26. The molecule has 0 radical (unpaired) electrons. The number of carbonyl (C=O) groups is 1. The van der Waals surface area contributed by atoms with Crippen LogP contribution in [0.1, 0.15) is 6.92 Å². The van der Waals surface area contributed by atoms with Crippen molar-refractivity contribution < 1.29 is 13.9 Å². The lowest BCUT2D eigenvalue weighted by Gasteiger charge is -2.13. The summed E-state index contributed by atoms with van der Waals surface area (Å²) in [5, 5.41) is 3.37. The van der Waals surface area contributed by atoms with Crippen molar-refractivity contribution >= 4 is 23.5 Å². The quantitative estimate of drug-likeness (QED) is 0.360. The molecule has 0 unspecified atom stereocenters. The Kier molecular flexibility index (Phi) is 4.70. The molecule has 20 heavy (non-hydrogen) atoms. The van der Waals surface area contributed by atoms with Crippen LogP contribution in [-0.4, -0.2) is 31.0 Å². The van der Waals surface area contributed by atoms with Crippen LogP contribution in [0.4, 0.5) is 14.9 Å². The number of cyclic esters (lactones) is 1. The highest BCUT2D eigenvalue weighted by molar-refractivity contribution is 7.99. The van der Waals surface area contributed by atoms with Gasteiger partial charge in [0.1, 0.15) is 11.9 Å². The van der Waals surface area contributed by atoms with E-state index in [2.05, 4.69) is 10.0 Å². The number of hydrogen-bond donors (Lipinski definition) is 0. The summed E-state index contributed by atoms with van der Waals surface area (Å²) in [6, 6.07) is 4.64. The van der Waals surface area contributed by atoms with Crippen LogP contribution in [0.15, 0.2) is 28.2 Å². The van der Waals surface area contributed by atoms with Gasteiger partial charge < -0.3 is 4.74 Å². The Morgan fingerprint density at radius 2 is 2.45 bits per heavy atom. The number of carbonyl (C=O) groups excluding carboxylic acids is 1. The van der Waals surface area contributed by atoms with Crippen LogP contribution in [0.25, 0.3) is 10.4 Å². The van der Waals surface area contributed by atoms with Crippen molar-refractivity contribution in [1.82, 2.24) is 0 Å². The van der Waals surface area contributed by atoms with Gasteiger partial charge in [0.15, 0.2) is 0 Å². The van der Waals surface area contributed by atoms with Gasteiger partial charge in [-0.05, 0) is 29.5 Å². The molecule has 1 aliphatic heterocycles. The summed E-state index contributed by atoms with van der Waals surface area (Å²) in [6.07, 6.45) is -1.05. The molecule has 1 aromatic rings. The highest BCUT2D eigenvalue weighted by atomic mass is 32.2. The number of benzene rings is 1. The average Bonchev–Trinajstić information content (AvgIpc) is 2.80. The van der Waals surface area contributed by atoms with E-state index in [-0.39, 0.29) is 18.9 Å². The molecular formula is C12H13FN4O2S. The van der Waals surface area contributed by atoms with E-state index in [0.29, 0.717) is 10.6 Å². The van der Waals surface area contributed by atoms with Gasteiger partial charge in [-0.15, -0.1) is 11.8 Å². The zero-order valence-corrected chi connectivity index (χ0v) is 11.6. The number of anilines is 1. The number of azide groups is 1. The maximum Gasteiger partial charge on any atom is 0.414 e. The number of nitrogens with zero attached hydrogens (tertiary/aromatic N) is 4. The summed E-state index contributed by atoms with van der Waals surface area (Å²) in [7, 11) is 0. The van der Waals surface area contributed by atoms with Crippen molar-refractivity contribution in [2.24, 2.45) is 5.11 Å². The minimum Gasteiger partial charge on any atom is -0.444 e. The first-order valence-corrected chi connectivity index (χ1v) is 7.05. The Labute approximate surface area is 119 Å². The normalized spacial score (nSPS) is 17.8. The van der Waals surface area contributed by atoms with E-state index in [1.807, 2.05) is 6.92 Å². The lowest BCUT2D eigenvalue weighted by atomic mass is 10.2. The SMILES string of the molecule is CCSc1ccc(N2C[C@H](CN=[N+]=[N-])OC2=O)cc1F. The van der Waals surface area contributed by atoms with Crippen LogP contribution in [-0.2, 0) is 4.74 Å². The van der Waals surface area contributed by atoms with Crippen LogP contribution in [0.3, 0.4) is 0 Å². The lowest BCUT2D eigenvalue weighted by molar-refractivity contribution is 0.145. The van der Waals surface area contributed by atoms with E-state index in [9.17, 15) is 9.18 Å². The van der Waals surface area contributed by atoms with Crippen LogP contribution in [0, 0.1) is 5.82 Å². The largest absolute Gasteiger partial charge is 0.444 e. The third kappa shape index (κ3) is 3.15. The summed E-state index contributed by atoms with van der Waals surface area (Å²) in [4.78, 5) is 16.2. The molecular weight excluding hydrogens is 283 g/mol. The molecule has 6 nitrogen and oxygen atoms in total. The van der Waals surface area contributed by atoms with Crippen LogP contribution in [0.2, 0.25) is 0 Å². The molecule has 1 aromatic carbocycles. The minimum atomic E-state index is -0.557. The summed E-state index contributed by atoms with van der Waals surface area (Å²) < 4.78 is 18.9. The summed E-state index contributed by atoms with van der Waals surface area (Å²) in [5.41, 5.74) is 8.69. The molecule has 0 spiro atoms. The third-order valence-corrected chi connectivity index (χ3v) is 3.68. The maximum atomic E-state index is 13.9. The predicted octanol–water partition coefficient (Wildman–Crippen LogP) is 3.57. The van der Waals surface area contributed by atoms with Gasteiger partial charge in [0.05, 0.1) is 18.8 Å². The number of halogens is 1. The second-order valence-electron chi connectivity index (χ2n) is 4.08. The van der Waals surface area contributed by atoms with Crippen molar-refractivity contribution in [3.63, 3.8) is 0 Å². The highest BCUT2D eigenvalue weighted by Crippen LogP contribution is 2.28. The van der Waals surface area contributed by atoms with E-state index < -0.39 is 12.2 Å². The molecule has 0 aromatic heterocycles. The summed E-state index contributed by atoms with van der Waals surface area (Å²) in [5.74, 6) is 0.414. The van der Waals surface area contributed by atoms with Crippen LogP contribution >= 0.6 is 11.8 Å². The molecule has 1 fully saturated rings. The van der Waals surface area contributed by atoms with Gasteiger partial charge in [0.2, 0.25) is 0 Å². The fraction of sp³-hybridized carbons (Fsp3) is 0.417. The van der Waals surface area contributed by atoms with Gasteiger partial charge in [-0.1, -0.05) is 12.0 Å². The molecule has 0 saturated carbocycles. The number of hydrogen-bond acceptors (Lipinski definition) is 4. The van der Waals surface area contributed by atoms with Crippen LogP contribution in [0.5, 0.6) is 0 Å². The first-order valence-electron chi connectivity index (χ1n) is 6.07. The van der Waals surface area contributed by atoms with E-state index in [1.54, 1.807) is 12.1 Å². The second-order valence-corrected chi connectivity index (χ2v) is 5.38. The van der Waals surface area contributed by atoms with Gasteiger partial charge in [-0.2, -0.15) is 0 Å². The first-order chi connectivity index (χ1) is 9.65. The topological polar surface area (TPSA) is 78.3 Å². The molecule has 0 N–H and O–H groups in total. The second kappa shape index (κ2) is 6.49. The molecule has 1 saturated heterocycles. The Morgan fingerprint density at radius 1 is 1.65 bits per heavy atom. The summed E-state index contributed by atoms with van der Waals surface area (Å²) >= 11 is 1.40. The maximum absolute atomic E-state index is 13.9. The van der Waals surface area contributed by atoms with Gasteiger partial charge in [0, 0.05) is 9.81 Å². The fourth-order valence-electron chi connectivity index (χ4n) is 1.89. The smallest absolute Gasteiger partial charge is 0.414 e. The molecule has 106 valence electrons. The van der Waals surface area contributed by atoms with Crippen LogP contribution < -0.4 is 4.90 Å². The molecule has 0 aliphatic carbocycles. The standard InChI is InChI=1S/C12H13FN4O2S/c1-2-20-11-4-3-8(5-10(11)13)17-7-9(6-15-16-14)19-12(17)18/h3-5,9H,2,6-7H2,1H3/t9-/m0/s1. The Bertz CT molecular complexity index is 562. The van der Waals surface area contributed by atoms with Crippen molar-refractivity contribution in [3.05, 3.63) is 34.5 Å². The monoisotopic (exact) mass is 296 g/mol. The average molecular weight is 296 g/mol. The van der Waals surface area contributed by atoms with E-state index >= 15 is 0 Å². The lowest BCUT2D eigenvalue weighted by Crippen LogP contribution is -2.25. The fourth-order valence-corrected chi connectivity index (χ4v) is 2.56. The molecule has 0 bridgehead atoms. The van der Waals surface area contributed by atoms with Gasteiger partial charge in [-0.25, -0.2) is 9.18 Å². The van der Waals surface area contributed by atoms with Gasteiger partial charge >= 0.3 is 6.09 Å². The van der Waals surface area contributed by atoms with Crippen molar-refractivity contribution in [3.8, 4) is 0 Å². The molecule has 1 amide bonds. The molecule has 2 rings (SSSR count). The van der Waals surface area contributed by atoms with Gasteiger partial charge in [0.25, 0.3) is 0 Å². The number of thioether (sulfide) groups is 1. The van der Waals surface area contributed by atoms with E-state index in [0.717, 1.165) is 5.75 Å². The number of amides is 1. The first kappa shape index (κ1) is 14.5. The minimum absolute atomic E-state index is 0.0744. The van der Waals surface area contributed by atoms with Gasteiger partial charge in [-0.3, -0.25) is 4.90 Å². The molecule has 1 aliphatic rings. The Balaban J connectivity index is 2.13. The highest BCUT2D eigenvalue weighted by Gasteiger charge is 2.32. The predicted molar refractivity (Wildman–Crippen MR) is 74.4 cm³/mol. The van der Waals surface area contributed by atoms with Crippen molar-refractivity contribution in [2.45, 2.75) is 17.9 Å². The third-order valence-electron chi connectivity index (χ3n) is 2.75. The zero-order chi connectivity index (χ0) is 14.5. The zero-order valence-electron chi connectivity index (χ0n) is 10.8. The van der Waals surface area contributed by atoms with Crippen molar-refractivity contribution in [1.29, 1.82) is 0 Å². The molecule has 1 atom stereocenters.